The fourth-order valence-corrected chi connectivity index (χ4v) is 4.50. The first-order valence-corrected chi connectivity index (χ1v) is 10.9. The Morgan fingerprint density at radius 1 is 1.14 bits per heavy atom. The maximum atomic E-state index is 13.0. The van der Waals surface area contributed by atoms with E-state index >= 15 is 0 Å². The number of quaternary nitrogens is 1. The highest BCUT2D eigenvalue weighted by Gasteiger charge is 2.16. The number of hydrogen-bond donors (Lipinski definition) is 2. The second kappa shape index (κ2) is 9.59. The quantitative estimate of drug-likeness (QED) is 0.633. The Hall–Kier alpha value is -2.12. The lowest BCUT2D eigenvalue weighted by molar-refractivity contribution is -0.906. The van der Waals surface area contributed by atoms with E-state index in [1.807, 2.05) is 54.6 Å². The number of para-hydroxylation sites is 1. The number of pyridine rings is 1. The Morgan fingerprint density at radius 3 is 2.72 bits per heavy atom. The van der Waals surface area contributed by atoms with Gasteiger partial charge in [0, 0.05) is 10.3 Å². The van der Waals surface area contributed by atoms with Crippen molar-refractivity contribution in [1.82, 2.24) is 10.3 Å². The van der Waals surface area contributed by atoms with Crippen molar-refractivity contribution in [2.45, 2.75) is 9.92 Å². The molecule has 1 aliphatic heterocycles. The summed E-state index contributed by atoms with van der Waals surface area (Å²) in [6, 6.07) is 17.2. The third-order valence-corrected chi connectivity index (χ3v) is 6.39. The minimum Gasteiger partial charge on any atom is -0.370 e. The molecule has 1 amide bonds. The van der Waals surface area contributed by atoms with E-state index < -0.39 is 0 Å². The van der Waals surface area contributed by atoms with Gasteiger partial charge in [0.15, 0.2) is 0 Å². The number of rotatable bonds is 6. The van der Waals surface area contributed by atoms with Crippen LogP contribution in [-0.2, 0) is 4.74 Å². The van der Waals surface area contributed by atoms with E-state index in [9.17, 15) is 4.79 Å². The first-order chi connectivity index (χ1) is 14.2. The minimum absolute atomic E-state index is 0.0720. The van der Waals surface area contributed by atoms with Crippen LogP contribution in [0.25, 0.3) is 10.9 Å². The standard InChI is InChI=1S/C22H22ClN3O2S/c23-18-6-2-4-8-20(18)29-21-15-17(16-5-1-3-7-19(16)25-21)22(27)24-9-10-26-11-13-28-14-12-26/h1-8,15H,9-14H2,(H,24,27)/p+1. The molecule has 5 nitrogen and oxygen atoms in total. The summed E-state index contributed by atoms with van der Waals surface area (Å²) in [5, 5.41) is 5.35. The number of carbonyl (C=O) groups excluding carboxylic acids is 1. The predicted octanol–water partition coefficient (Wildman–Crippen LogP) is 2.68. The number of ether oxygens (including phenoxy) is 1. The maximum Gasteiger partial charge on any atom is 0.252 e. The van der Waals surface area contributed by atoms with Crippen LogP contribution >= 0.6 is 23.4 Å². The molecule has 2 N–H and O–H groups in total. The lowest BCUT2D eigenvalue weighted by Crippen LogP contribution is -3.14. The highest BCUT2D eigenvalue weighted by Crippen LogP contribution is 2.33. The van der Waals surface area contributed by atoms with Gasteiger partial charge in [-0.3, -0.25) is 4.79 Å². The van der Waals surface area contributed by atoms with Crippen molar-refractivity contribution in [2.24, 2.45) is 0 Å². The number of hydrogen-bond acceptors (Lipinski definition) is 4. The monoisotopic (exact) mass is 428 g/mol. The largest absolute Gasteiger partial charge is 0.370 e. The van der Waals surface area contributed by atoms with Gasteiger partial charge in [0.05, 0.1) is 42.4 Å². The topological polar surface area (TPSA) is 55.7 Å². The summed E-state index contributed by atoms with van der Waals surface area (Å²) in [5.41, 5.74) is 1.44. The predicted molar refractivity (Wildman–Crippen MR) is 116 cm³/mol. The molecule has 7 heteroatoms. The van der Waals surface area contributed by atoms with Crippen LogP contribution < -0.4 is 10.2 Å². The third kappa shape index (κ3) is 5.08. The van der Waals surface area contributed by atoms with Crippen LogP contribution in [0.2, 0.25) is 5.02 Å². The number of aromatic nitrogens is 1. The highest BCUT2D eigenvalue weighted by atomic mass is 35.5. The number of carbonyl (C=O) groups is 1. The number of benzene rings is 2. The molecule has 150 valence electrons. The number of nitrogens with zero attached hydrogens (tertiary/aromatic N) is 1. The molecule has 4 rings (SSSR count). The van der Waals surface area contributed by atoms with Gasteiger partial charge in [-0.25, -0.2) is 4.98 Å². The molecule has 29 heavy (non-hydrogen) atoms. The molecule has 1 saturated heterocycles. The van der Waals surface area contributed by atoms with Crippen molar-refractivity contribution < 1.29 is 14.4 Å². The second-order valence-electron chi connectivity index (χ2n) is 6.93. The molecule has 1 fully saturated rings. The molecule has 0 aliphatic carbocycles. The zero-order valence-electron chi connectivity index (χ0n) is 16.0. The molecule has 2 aromatic carbocycles. The van der Waals surface area contributed by atoms with Gasteiger partial charge in [-0.2, -0.15) is 0 Å². The Bertz CT molecular complexity index is 1010. The summed E-state index contributed by atoms with van der Waals surface area (Å²) >= 11 is 7.76. The normalized spacial score (nSPS) is 14.8. The minimum atomic E-state index is -0.0720. The fourth-order valence-electron chi connectivity index (χ4n) is 3.39. The summed E-state index contributed by atoms with van der Waals surface area (Å²) in [5.74, 6) is -0.0720. The molecule has 0 bridgehead atoms. The molecule has 0 unspecified atom stereocenters. The molecule has 1 aromatic heterocycles. The smallest absolute Gasteiger partial charge is 0.252 e. The van der Waals surface area contributed by atoms with Gasteiger partial charge in [-0.05, 0) is 24.3 Å². The zero-order chi connectivity index (χ0) is 20.1. The lowest BCUT2D eigenvalue weighted by atomic mass is 10.1. The Morgan fingerprint density at radius 2 is 1.90 bits per heavy atom. The van der Waals surface area contributed by atoms with Gasteiger partial charge >= 0.3 is 0 Å². The van der Waals surface area contributed by atoms with Crippen LogP contribution in [0.1, 0.15) is 10.4 Å². The van der Waals surface area contributed by atoms with E-state index in [1.54, 1.807) is 0 Å². The number of halogens is 1. The van der Waals surface area contributed by atoms with Crippen molar-refractivity contribution in [3.63, 3.8) is 0 Å². The van der Waals surface area contributed by atoms with Gasteiger partial charge in [-0.15, -0.1) is 0 Å². The molecule has 3 aromatic rings. The van der Waals surface area contributed by atoms with Gasteiger partial charge < -0.3 is 15.0 Å². The molecule has 0 spiro atoms. The second-order valence-corrected chi connectivity index (χ2v) is 8.40. The van der Waals surface area contributed by atoms with Crippen LogP contribution in [0.3, 0.4) is 0 Å². The summed E-state index contributed by atoms with van der Waals surface area (Å²) < 4.78 is 5.39. The molecule has 0 radical (unpaired) electrons. The van der Waals surface area contributed by atoms with Crippen molar-refractivity contribution in [3.8, 4) is 0 Å². The Balaban J connectivity index is 1.53. The zero-order valence-corrected chi connectivity index (χ0v) is 17.6. The fraction of sp³-hybridized carbons (Fsp3) is 0.273. The van der Waals surface area contributed by atoms with Crippen LogP contribution in [0.4, 0.5) is 0 Å². The summed E-state index contributed by atoms with van der Waals surface area (Å²) in [6.07, 6.45) is 0. The summed E-state index contributed by atoms with van der Waals surface area (Å²) in [7, 11) is 0. The third-order valence-electron chi connectivity index (χ3n) is 4.95. The first-order valence-electron chi connectivity index (χ1n) is 9.72. The van der Waals surface area contributed by atoms with Gasteiger partial charge in [0.25, 0.3) is 5.91 Å². The van der Waals surface area contributed by atoms with Crippen LogP contribution in [0, 0.1) is 0 Å². The Labute approximate surface area is 179 Å². The number of morpholine rings is 1. The van der Waals surface area contributed by atoms with E-state index in [0.29, 0.717) is 17.1 Å². The highest BCUT2D eigenvalue weighted by molar-refractivity contribution is 7.99. The maximum absolute atomic E-state index is 13.0. The molecule has 2 heterocycles. The van der Waals surface area contributed by atoms with Gasteiger partial charge in [-0.1, -0.05) is 53.7 Å². The SMILES string of the molecule is O=C(NCC[NH+]1CCOCC1)c1cc(Sc2ccccc2Cl)nc2ccccc12. The number of nitrogens with one attached hydrogen (secondary N) is 2. The van der Waals surface area contributed by atoms with Crippen molar-refractivity contribution in [2.75, 3.05) is 39.4 Å². The van der Waals surface area contributed by atoms with Crippen LogP contribution in [0.5, 0.6) is 0 Å². The summed E-state index contributed by atoms with van der Waals surface area (Å²) in [4.78, 5) is 20.1. The van der Waals surface area contributed by atoms with Crippen molar-refractivity contribution in [1.29, 1.82) is 0 Å². The van der Waals surface area contributed by atoms with Crippen LogP contribution in [0.15, 0.2) is 64.5 Å². The van der Waals surface area contributed by atoms with E-state index in [1.165, 1.54) is 16.7 Å². The van der Waals surface area contributed by atoms with Crippen LogP contribution in [-0.4, -0.2) is 50.3 Å². The van der Waals surface area contributed by atoms with E-state index in [0.717, 1.165) is 53.7 Å². The van der Waals surface area contributed by atoms with Crippen molar-refractivity contribution >= 4 is 40.2 Å². The average Bonchev–Trinajstić information content (AvgIpc) is 2.75. The molecule has 0 atom stereocenters. The van der Waals surface area contributed by atoms with E-state index in [2.05, 4.69) is 5.32 Å². The van der Waals surface area contributed by atoms with Gasteiger partial charge in [0.1, 0.15) is 18.1 Å². The lowest BCUT2D eigenvalue weighted by Gasteiger charge is -2.23. The Kier molecular flexibility index (Phi) is 6.67. The summed E-state index contributed by atoms with van der Waals surface area (Å²) in [6.45, 7) is 5.11. The van der Waals surface area contributed by atoms with E-state index in [4.69, 9.17) is 21.3 Å². The average molecular weight is 429 g/mol. The number of fused-ring (bicyclic) bond motifs is 1. The molecular formula is C22H23ClN3O2S+. The van der Waals surface area contributed by atoms with E-state index in [-0.39, 0.29) is 5.91 Å². The first kappa shape index (κ1) is 20.2. The number of amides is 1. The van der Waals surface area contributed by atoms with Crippen molar-refractivity contribution in [3.05, 3.63) is 65.2 Å². The molecular weight excluding hydrogens is 406 g/mol. The molecule has 1 aliphatic rings. The molecule has 0 saturated carbocycles. The van der Waals surface area contributed by atoms with Gasteiger partial charge in [0.2, 0.25) is 0 Å².